The first-order valence-electron chi connectivity index (χ1n) is 6.85. The maximum Gasteiger partial charge on any atom is 0.244 e. The van der Waals surface area contributed by atoms with E-state index < -0.39 is 10.0 Å². The normalized spacial score (nSPS) is 23.7. The van der Waals surface area contributed by atoms with Crippen molar-refractivity contribution in [3.8, 4) is 6.07 Å². The van der Waals surface area contributed by atoms with Gasteiger partial charge in [0.15, 0.2) is 0 Å². The molecule has 1 aliphatic rings. The van der Waals surface area contributed by atoms with Gasteiger partial charge in [-0.05, 0) is 30.5 Å². The van der Waals surface area contributed by atoms with E-state index >= 15 is 0 Å². The molecule has 0 saturated carbocycles. The summed E-state index contributed by atoms with van der Waals surface area (Å²) in [6, 6.07) is 6.24. The van der Waals surface area contributed by atoms with Crippen molar-refractivity contribution in [2.75, 3.05) is 13.1 Å². The zero-order valence-electron chi connectivity index (χ0n) is 11.8. The SMILES string of the molecule is CCC1CN(S(=O)(=O)c2cc(C#N)ccc2Cl)CCC1N. The molecule has 2 atom stereocenters. The number of benzene rings is 1. The number of nitriles is 1. The maximum atomic E-state index is 12.7. The summed E-state index contributed by atoms with van der Waals surface area (Å²) in [6.45, 7) is 2.78. The fraction of sp³-hybridized carbons (Fsp3) is 0.500. The average Bonchev–Trinajstić information content (AvgIpc) is 2.47. The summed E-state index contributed by atoms with van der Waals surface area (Å²) in [4.78, 5) is -0.00598. The summed E-state index contributed by atoms with van der Waals surface area (Å²) in [5.74, 6) is 0.145. The molecule has 2 N–H and O–H groups in total. The highest BCUT2D eigenvalue weighted by atomic mass is 35.5. The molecule has 0 aliphatic carbocycles. The molecule has 21 heavy (non-hydrogen) atoms. The fourth-order valence-electron chi connectivity index (χ4n) is 2.58. The quantitative estimate of drug-likeness (QED) is 0.919. The van der Waals surface area contributed by atoms with Gasteiger partial charge in [0.05, 0.1) is 16.7 Å². The molecule has 1 aliphatic heterocycles. The van der Waals surface area contributed by atoms with Crippen molar-refractivity contribution in [3.05, 3.63) is 28.8 Å². The number of nitrogens with two attached hydrogens (primary N) is 1. The molecular weight excluding hydrogens is 310 g/mol. The number of piperidine rings is 1. The van der Waals surface area contributed by atoms with E-state index in [4.69, 9.17) is 22.6 Å². The number of nitrogens with zero attached hydrogens (tertiary/aromatic N) is 2. The molecule has 0 bridgehead atoms. The van der Waals surface area contributed by atoms with Crippen LogP contribution in [-0.4, -0.2) is 31.9 Å². The van der Waals surface area contributed by atoms with Gasteiger partial charge in [-0.2, -0.15) is 9.57 Å². The van der Waals surface area contributed by atoms with E-state index in [1.54, 1.807) is 0 Å². The van der Waals surface area contributed by atoms with Crippen LogP contribution in [0.5, 0.6) is 0 Å². The van der Waals surface area contributed by atoms with Crippen LogP contribution in [0.15, 0.2) is 23.1 Å². The van der Waals surface area contributed by atoms with Gasteiger partial charge in [-0.3, -0.25) is 0 Å². The van der Waals surface area contributed by atoms with Gasteiger partial charge in [-0.1, -0.05) is 24.9 Å². The number of hydrogen-bond acceptors (Lipinski definition) is 4. The van der Waals surface area contributed by atoms with Crippen LogP contribution in [0.1, 0.15) is 25.3 Å². The van der Waals surface area contributed by atoms with Crippen molar-refractivity contribution in [1.82, 2.24) is 4.31 Å². The first-order chi connectivity index (χ1) is 9.90. The second-order valence-corrected chi connectivity index (χ2v) is 7.55. The molecular formula is C14H18ClN3O2S. The van der Waals surface area contributed by atoms with Crippen molar-refractivity contribution in [2.24, 2.45) is 11.7 Å². The Labute approximate surface area is 130 Å². The molecule has 0 radical (unpaired) electrons. The van der Waals surface area contributed by atoms with Crippen LogP contribution in [-0.2, 0) is 10.0 Å². The van der Waals surface area contributed by atoms with E-state index in [0.717, 1.165) is 6.42 Å². The molecule has 1 saturated heterocycles. The first kappa shape index (κ1) is 16.2. The number of hydrogen-bond donors (Lipinski definition) is 1. The first-order valence-corrected chi connectivity index (χ1v) is 8.67. The van der Waals surface area contributed by atoms with E-state index in [1.807, 2.05) is 13.0 Å². The van der Waals surface area contributed by atoms with Gasteiger partial charge in [-0.15, -0.1) is 0 Å². The third kappa shape index (κ3) is 3.22. The largest absolute Gasteiger partial charge is 0.327 e. The predicted molar refractivity (Wildman–Crippen MR) is 81.3 cm³/mol. The van der Waals surface area contributed by atoms with Crippen LogP contribution in [0.25, 0.3) is 0 Å². The number of halogens is 1. The van der Waals surface area contributed by atoms with Crippen LogP contribution in [0.3, 0.4) is 0 Å². The van der Waals surface area contributed by atoms with Crippen molar-refractivity contribution in [3.63, 3.8) is 0 Å². The molecule has 1 aromatic carbocycles. The molecule has 0 amide bonds. The molecule has 2 unspecified atom stereocenters. The highest BCUT2D eigenvalue weighted by molar-refractivity contribution is 7.89. The zero-order valence-corrected chi connectivity index (χ0v) is 13.4. The highest BCUT2D eigenvalue weighted by Gasteiger charge is 2.34. The van der Waals surface area contributed by atoms with Gasteiger partial charge in [0, 0.05) is 19.1 Å². The Bertz CT molecular complexity index is 669. The molecule has 1 fully saturated rings. The van der Waals surface area contributed by atoms with Gasteiger partial charge in [0.2, 0.25) is 10.0 Å². The van der Waals surface area contributed by atoms with Crippen LogP contribution in [0.2, 0.25) is 5.02 Å². The summed E-state index contributed by atoms with van der Waals surface area (Å²) in [5.41, 5.74) is 6.30. The highest BCUT2D eigenvalue weighted by Crippen LogP contribution is 2.29. The van der Waals surface area contributed by atoms with E-state index in [9.17, 15) is 8.42 Å². The van der Waals surface area contributed by atoms with Crippen LogP contribution in [0, 0.1) is 17.2 Å². The third-order valence-corrected chi connectivity index (χ3v) is 6.30. The number of sulfonamides is 1. The fourth-order valence-corrected chi connectivity index (χ4v) is 4.59. The third-order valence-electron chi connectivity index (χ3n) is 3.96. The molecule has 114 valence electrons. The standard InChI is InChI=1S/C14H18ClN3O2S/c1-2-11-9-18(6-5-13(11)17)21(19,20)14-7-10(8-16)3-4-12(14)15/h3-4,7,11,13H,2,5-6,9,17H2,1H3. The van der Waals surface area contributed by atoms with Crippen molar-refractivity contribution in [1.29, 1.82) is 5.26 Å². The zero-order chi connectivity index (χ0) is 15.6. The Morgan fingerprint density at radius 2 is 2.24 bits per heavy atom. The Hall–Kier alpha value is -1.13. The van der Waals surface area contributed by atoms with Crippen LogP contribution >= 0.6 is 11.6 Å². The minimum atomic E-state index is -3.70. The Balaban J connectivity index is 2.37. The van der Waals surface area contributed by atoms with Gasteiger partial charge in [0.25, 0.3) is 0 Å². The lowest BCUT2D eigenvalue weighted by atomic mass is 9.92. The minimum absolute atomic E-state index is 0.00598. The van der Waals surface area contributed by atoms with Gasteiger partial charge < -0.3 is 5.73 Å². The van der Waals surface area contributed by atoms with E-state index in [-0.39, 0.29) is 27.4 Å². The lowest BCUT2D eigenvalue weighted by molar-refractivity contribution is 0.230. The van der Waals surface area contributed by atoms with Gasteiger partial charge >= 0.3 is 0 Å². The lowest BCUT2D eigenvalue weighted by Gasteiger charge is -2.35. The average molecular weight is 328 g/mol. The Kier molecular flexibility index (Phi) is 4.89. The monoisotopic (exact) mass is 327 g/mol. The molecule has 1 aromatic rings. The van der Waals surface area contributed by atoms with Crippen molar-refractivity contribution in [2.45, 2.75) is 30.7 Å². The van der Waals surface area contributed by atoms with Gasteiger partial charge in [-0.25, -0.2) is 8.42 Å². The lowest BCUT2D eigenvalue weighted by Crippen LogP contribution is -2.48. The second kappa shape index (κ2) is 6.32. The van der Waals surface area contributed by atoms with E-state index in [0.29, 0.717) is 19.5 Å². The summed E-state index contributed by atoms with van der Waals surface area (Å²) in [7, 11) is -3.70. The molecule has 0 spiro atoms. The maximum absolute atomic E-state index is 12.7. The molecule has 1 heterocycles. The van der Waals surface area contributed by atoms with Crippen molar-refractivity contribution >= 4 is 21.6 Å². The van der Waals surface area contributed by atoms with E-state index in [1.165, 1.54) is 22.5 Å². The molecule has 7 heteroatoms. The topological polar surface area (TPSA) is 87.2 Å². The minimum Gasteiger partial charge on any atom is -0.327 e. The number of rotatable bonds is 3. The summed E-state index contributed by atoms with van der Waals surface area (Å²) in [6.07, 6.45) is 1.46. The van der Waals surface area contributed by atoms with E-state index in [2.05, 4.69) is 0 Å². The Morgan fingerprint density at radius 1 is 1.52 bits per heavy atom. The molecule has 2 rings (SSSR count). The summed E-state index contributed by atoms with van der Waals surface area (Å²) >= 11 is 6.02. The second-order valence-electron chi connectivity index (χ2n) is 5.24. The van der Waals surface area contributed by atoms with Crippen molar-refractivity contribution < 1.29 is 8.42 Å². The molecule has 5 nitrogen and oxygen atoms in total. The summed E-state index contributed by atoms with van der Waals surface area (Å²) in [5, 5.41) is 9.06. The van der Waals surface area contributed by atoms with Crippen LogP contribution < -0.4 is 5.73 Å². The summed E-state index contributed by atoms with van der Waals surface area (Å²) < 4.78 is 26.9. The molecule has 0 aromatic heterocycles. The smallest absolute Gasteiger partial charge is 0.244 e. The van der Waals surface area contributed by atoms with Gasteiger partial charge in [0.1, 0.15) is 4.90 Å². The van der Waals surface area contributed by atoms with Crippen LogP contribution in [0.4, 0.5) is 0 Å². The predicted octanol–water partition coefficient (Wildman–Crippen LogP) is 1.96. The Morgan fingerprint density at radius 3 is 2.86 bits per heavy atom.